The molecule has 0 spiro atoms. The number of nitrogens with one attached hydrogen (secondary N) is 1. The minimum atomic E-state index is -1.03. The zero-order valence-corrected chi connectivity index (χ0v) is 17.5. The van der Waals surface area contributed by atoms with Crippen molar-refractivity contribution >= 4 is 46.8 Å². The molecule has 1 aliphatic rings. The highest BCUT2D eigenvalue weighted by molar-refractivity contribution is 8.00. The van der Waals surface area contributed by atoms with Crippen LogP contribution in [0.4, 0.5) is 11.4 Å². The summed E-state index contributed by atoms with van der Waals surface area (Å²) < 4.78 is 0. The van der Waals surface area contributed by atoms with Gasteiger partial charge in [0.1, 0.15) is 0 Å². The van der Waals surface area contributed by atoms with Crippen LogP contribution in [0.15, 0.2) is 47.4 Å². The highest BCUT2D eigenvalue weighted by Crippen LogP contribution is 2.34. The van der Waals surface area contributed by atoms with E-state index in [2.05, 4.69) is 5.32 Å². The van der Waals surface area contributed by atoms with Crippen molar-refractivity contribution in [3.05, 3.63) is 53.6 Å². The van der Waals surface area contributed by atoms with Gasteiger partial charge >= 0.3 is 5.97 Å². The Morgan fingerprint density at radius 2 is 1.77 bits per heavy atom. The number of hydrogen-bond donors (Lipinski definition) is 2. The van der Waals surface area contributed by atoms with E-state index >= 15 is 0 Å². The van der Waals surface area contributed by atoms with Crippen LogP contribution < -0.4 is 10.2 Å². The van der Waals surface area contributed by atoms with Crippen molar-refractivity contribution < 1.29 is 24.3 Å². The molecule has 156 valence electrons. The number of imide groups is 1. The topological polar surface area (TPSA) is 104 Å². The van der Waals surface area contributed by atoms with E-state index in [1.807, 2.05) is 26.0 Å². The van der Waals surface area contributed by atoms with E-state index in [0.717, 1.165) is 16.0 Å². The molecule has 1 aliphatic heterocycles. The Morgan fingerprint density at radius 3 is 2.40 bits per heavy atom. The molecule has 0 aliphatic carbocycles. The number of benzene rings is 2. The molecule has 0 saturated carbocycles. The minimum absolute atomic E-state index is 0.0984. The number of aliphatic carboxylic acids is 1. The van der Waals surface area contributed by atoms with Gasteiger partial charge in [0.05, 0.1) is 17.4 Å². The van der Waals surface area contributed by atoms with Gasteiger partial charge in [-0.3, -0.25) is 19.2 Å². The number of aryl methyl sites for hydroxylation is 2. The normalized spacial score (nSPS) is 16.1. The highest BCUT2D eigenvalue weighted by Gasteiger charge is 2.40. The molecule has 1 heterocycles. The summed E-state index contributed by atoms with van der Waals surface area (Å²) in [6.45, 7) is 3.92. The van der Waals surface area contributed by atoms with Crippen LogP contribution in [-0.4, -0.2) is 34.0 Å². The smallest absolute Gasteiger partial charge is 0.303 e. The fourth-order valence-corrected chi connectivity index (χ4v) is 4.11. The molecule has 3 rings (SSSR count). The van der Waals surface area contributed by atoms with Gasteiger partial charge in [0.25, 0.3) is 0 Å². The van der Waals surface area contributed by atoms with Crippen molar-refractivity contribution in [1.29, 1.82) is 0 Å². The lowest BCUT2D eigenvalue weighted by Crippen LogP contribution is -2.31. The second-order valence-electron chi connectivity index (χ2n) is 7.11. The number of anilines is 2. The summed E-state index contributed by atoms with van der Waals surface area (Å²) in [4.78, 5) is 49.6. The second-order valence-corrected chi connectivity index (χ2v) is 8.39. The monoisotopic (exact) mass is 426 g/mol. The zero-order chi connectivity index (χ0) is 21.8. The number of carbonyl (C=O) groups excluding carboxylic acids is 3. The average Bonchev–Trinajstić information content (AvgIpc) is 2.97. The van der Waals surface area contributed by atoms with E-state index in [1.54, 1.807) is 30.3 Å². The predicted octanol–water partition coefficient (Wildman–Crippen LogP) is 3.53. The Hall–Kier alpha value is -3.13. The van der Waals surface area contributed by atoms with Gasteiger partial charge in [-0.1, -0.05) is 6.07 Å². The molecule has 1 fully saturated rings. The lowest BCUT2D eigenvalue weighted by Gasteiger charge is -2.16. The first-order chi connectivity index (χ1) is 14.2. The van der Waals surface area contributed by atoms with Crippen LogP contribution in [0.5, 0.6) is 0 Å². The molecule has 0 radical (unpaired) electrons. The number of thioether (sulfide) groups is 1. The fourth-order valence-electron chi connectivity index (χ4n) is 3.06. The van der Waals surface area contributed by atoms with Crippen LogP contribution in [0.2, 0.25) is 0 Å². The maximum atomic E-state index is 12.8. The van der Waals surface area contributed by atoms with Crippen molar-refractivity contribution in [3.8, 4) is 0 Å². The van der Waals surface area contributed by atoms with Crippen molar-refractivity contribution in [2.75, 3.05) is 10.2 Å². The van der Waals surface area contributed by atoms with E-state index < -0.39 is 11.2 Å². The van der Waals surface area contributed by atoms with Crippen LogP contribution in [0, 0.1) is 13.8 Å². The van der Waals surface area contributed by atoms with Crippen LogP contribution in [0.1, 0.15) is 30.4 Å². The summed E-state index contributed by atoms with van der Waals surface area (Å²) >= 11 is 1.31. The Balaban J connectivity index is 1.63. The molecule has 2 N–H and O–H groups in total. The van der Waals surface area contributed by atoms with Gasteiger partial charge in [0, 0.05) is 23.4 Å². The van der Waals surface area contributed by atoms with Gasteiger partial charge in [-0.25, -0.2) is 4.90 Å². The summed E-state index contributed by atoms with van der Waals surface area (Å²) in [6.07, 6.45) is -0.197. The molecule has 1 saturated heterocycles. The molecule has 1 unspecified atom stereocenters. The summed E-state index contributed by atoms with van der Waals surface area (Å²) in [5.74, 6) is -1.86. The molecular weight excluding hydrogens is 404 g/mol. The third-order valence-electron chi connectivity index (χ3n) is 4.84. The van der Waals surface area contributed by atoms with E-state index in [-0.39, 0.29) is 37.0 Å². The molecule has 2 aromatic carbocycles. The molecular formula is C22H22N2O5S. The lowest BCUT2D eigenvalue weighted by atomic mass is 10.1. The van der Waals surface area contributed by atoms with Crippen LogP contribution >= 0.6 is 11.8 Å². The summed E-state index contributed by atoms with van der Waals surface area (Å²) in [6, 6.07) is 12.4. The number of carboxylic acids is 1. The largest absolute Gasteiger partial charge is 0.481 e. The number of amides is 3. The Morgan fingerprint density at radius 1 is 1.07 bits per heavy atom. The summed E-state index contributed by atoms with van der Waals surface area (Å²) in [7, 11) is 0. The van der Waals surface area contributed by atoms with Gasteiger partial charge in [0.2, 0.25) is 17.7 Å². The second kappa shape index (κ2) is 9.13. The average molecular weight is 426 g/mol. The molecule has 8 heteroatoms. The molecule has 0 bridgehead atoms. The van der Waals surface area contributed by atoms with Gasteiger partial charge in [0.15, 0.2) is 0 Å². The first-order valence-electron chi connectivity index (χ1n) is 9.47. The molecule has 1 atom stereocenters. The number of carbonyl (C=O) groups is 4. The fraction of sp³-hybridized carbons (Fsp3) is 0.273. The number of rotatable bonds is 7. The molecule has 3 amide bonds. The number of nitrogens with zero attached hydrogens (tertiary/aromatic N) is 1. The molecule has 30 heavy (non-hydrogen) atoms. The molecule has 2 aromatic rings. The third-order valence-corrected chi connectivity index (χ3v) is 6.03. The standard InChI is InChI=1S/C22H22N2O5S/c1-13-3-6-16(11-14(13)2)24-20(26)12-18(22(24)29)30-17-7-4-15(5-8-17)23-19(25)9-10-21(27)28/h3-8,11,18H,9-10,12H2,1-2H3,(H,23,25)(H,27,28). The minimum Gasteiger partial charge on any atom is -0.481 e. The van der Waals surface area contributed by atoms with Crippen LogP contribution in [0.25, 0.3) is 0 Å². The van der Waals surface area contributed by atoms with Gasteiger partial charge in [-0.05, 0) is 61.4 Å². The number of carboxylic acid groups (broad SMARTS) is 1. The van der Waals surface area contributed by atoms with Gasteiger partial charge in [-0.15, -0.1) is 11.8 Å². The van der Waals surface area contributed by atoms with Gasteiger partial charge < -0.3 is 10.4 Å². The van der Waals surface area contributed by atoms with Gasteiger partial charge in [-0.2, -0.15) is 0 Å². The van der Waals surface area contributed by atoms with E-state index in [0.29, 0.717) is 11.4 Å². The van der Waals surface area contributed by atoms with E-state index in [4.69, 9.17) is 5.11 Å². The summed E-state index contributed by atoms with van der Waals surface area (Å²) in [5.41, 5.74) is 3.25. The predicted molar refractivity (Wildman–Crippen MR) is 115 cm³/mol. The lowest BCUT2D eigenvalue weighted by molar-refractivity contribution is -0.138. The maximum Gasteiger partial charge on any atom is 0.303 e. The van der Waals surface area contributed by atoms with Crippen LogP contribution in [0.3, 0.4) is 0 Å². The molecule has 7 nitrogen and oxygen atoms in total. The first kappa shape index (κ1) is 21.6. The van der Waals surface area contributed by atoms with Crippen molar-refractivity contribution in [2.24, 2.45) is 0 Å². The molecule has 0 aromatic heterocycles. The highest BCUT2D eigenvalue weighted by atomic mass is 32.2. The zero-order valence-electron chi connectivity index (χ0n) is 16.7. The Kier molecular flexibility index (Phi) is 6.56. The first-order valence-corrected chi connectivity index (χ1v) is 10.3. The third kappa shape index (κ3) is 5.07. The van der Waals surface area contributed by atoms with E-state index in [1.165, 1.54) is 16.7 Å². The van der Waals surface area contributed by atoms with Crippen LogP contribution in [-0.2, 0) is 19.2 Å². The van der Waals surface area contributed by atoms with E-state index in [9.17, 15) is 19.2 Å². The summed E-state index contributed by atoms with van der Waals surface area (Å²) in [5, 5.41) is 10.7. The van der Waals surface area contributed by atoms with Crippen molar-refractivity contribution in [3.63, 3.8) is 0 Å². The quantitative estimate of drug-likeness (QED) is 0.657. The van der Waals surface area contributed by atoms with Crippen molar-refractivity contribution in [2.45, 2.75) is 43.3 Å². The Bertz CT molecular complexity index is 1000. The SMILES string of the molecule is Cc1ccc(N2C(=O)CC(Sc3ccc(NC(=O)CCC(=O)O)cc3)C2=O)cc1C. The van der Waals surface area contributed by atoms with Crippen molar-refractivity contribution in [1.82, 2.24) is 0 Å². The Labute approximate surface area is 178 Å². The number of hydrogen-bond acceptors (Lipinski definition) is 5. The maximum absolute atomic E-state index is 12.8.